The van der Waals surface area contributed by atoms with Gasteiger partial charge >= 0.3 is 0 Å². The smallest absolute Gasteiger partial charge is 0.265 e. The summed E-state index contributed by atoms with van der Waals surface area (Å²) in [7, 11) is 0. The number of anilines is 1. The van der Waals surface area contributed by atoms with Crippen molar-refractivity contribution in [2.45, 2.75) is 31.7 Å². The number of benzene rings is 1. The van der Waals surface area contributed by atoms with Crippen molar-refractivity contribution in [1.29, 1.82) is 0 Å². The number of carbonyl (C=O) groups excluding carboxylic acids is 2. The number of hydrogen-bond donors (Lipinski definition) is 1. The molecule has 27 heavy (non-hydrogen) atoms. The monoisotopic (exact) mass is 383 g/mol. The van der Waals surface area contributed by atoms with Crippen LogP contribution in [0.3, 0.4) is 0 Å². The van der Waals surface area contributed by atoms with Crippen LogP contribution in [0, 0.1) is 0 Å². The van der Waals surface area contributed by atoms with E-state index in [9.17, 15) is 9.59 Å². The number of thiophene rings is 1. The summed E-state index contributed by atoms with van der Waals surface area (Å²) < 4.78 is 0. The van der Waals surface area contributed by atoms with Gasteiger partial charge in [0, 0.05) is 43.5 Å². The summed E-state index contributed by atoms with van der Waals surface area (Å²) in [5.74, 6) is -0.0377. The van der Waals surface area contributed by atoms with E-state index >= 15 is 0 Å². The first kappa shape index (κ1) is 18.2. The quantitative estimate of drug-likeness (QED) is 0.876. The molecule has 1 aromatic heterocycles. The van der Waals surface area contributed by atoms with Gasteiger partial charge in [0.25, 0.3) is 11.8 Å². The van der Waals surface area contributed by atoms with Crippen molar-refractivity contribution in [2.75, 3.05) is 31.5 Å². The average Bonchev–Trinajstić information content (AvgIpc) is 3.42. The van der Waals surface area contributed by atoms with Gasteiger partial charge in [-0.25, -0.2) is 0 Å². The molecule has 0 bridgehead atoms. The minimum Gasteiger partial charge on any atom is -0.336 e. The molecule has 2 fully saturated rings. The van der Waals surface area contributed by atoms with Crippen molar-refractivity contribution in [3.05, 3.63) is 52.2 Å². The number of carbonyl (C=O) groups is 2. The maximum atomic E-state index is 12.8. The van der Waals surface area contributed by atoms with Gasteiger partial charge in [-0.15, -0.1) is 11.3 Å². The summed E-state index contributed by atoms with van der Waals surface area (Å²) in [6, 6.07) is 11.6. The van der Waals surface area contributed by atoms with E-state index in [1.807, 2.05) is 16.3 Å². The van der Waals surface area contributed by atoms with Crippen LogP contribution in [0.4, 0.5) is 5.69 Å². The van der Waals surface area contributed by atoms with E-state index in [0.717, 1.165) is 32.2 Å². The molecule has 1 aliphatic carbocycles. The Hall–Kier alpha value is -2.18. The van der Waals surface area contributed by atoms with E-state index in [4.69, 9.17) is 0 Å². The second-order valence-corrected chi connectivity index (χ2v) is 8.22. The zero-order valence-corrected chi connectivity index (χ0v) is 16.2. The molecule has 0 unspecified atom stereocenters. The standard InChI is InChI=1S/C21H25N3O2S/c25-20(19-6-3-15-27-19)22-17-9-7-16(8-10-17)21(26)24-13-11-23(12-14-24)18-4-1-2-5-18/h3,6-10,15,18H,1-2,4-5,11-14H2,(H,22,25). The topological polar surface area (TPSA) is 52.7 Å². The molecule has 5 nitrogen and oxygen atoms in total. The molecule has 2 aromatic rings. The average molecular weight is 384 g/mol. The predicted octanol–water partition coefficient (Wildman–Crippen LogP) is 3.70. The van der Waals surface area contributed by atoms with Gasteiger partial charge < -0.3 is 10.2 Å². The normalized spacial score (nSPS) is 18.6. The number of nitrogens with zero attached hydrogens (tertiary/aromatic N) is 2. The Bertz CT molecular complexity index is 774. The van der Waals surface area contributed by atoms with Crippen LogP contribution in [0.1, 0.15) is 45.7 Å². The molecule has 6 heteroatoms. The highest BCUT2D eigenvalue weighted by atomic mass is 32.1. The Labute approximate surface area is 164 Å². The van der Waals surface area contributed by atoms with Gasteiger partial charge in [-0.1, -0.05) is 18.9 Å². The summed E-state index contributed by atoms with van der Waals surface area (Å²) >= 11 is 1.41. The van der Waals surface area contributed by atoms with Gasteiger partial charge in [-0.3, -0.25) is 14.5 Å². The van der Waals surface area contributed by atoms with Crippen LogP contribution in [-0.4, -0.2) is 53.8 Å². The Kier molecular flexibility index (Phi) is 5.55. The molecule has 0 radical (unpaired) electrons. The molecule has 2 amide bonds. The molecule has 1 aliphatic heterocycles. The maximum absolute atomic E-state index is 12.8. The van der Waals surface area contributed by atoms with Crippen LogP contribution in [0.5, 0.6) is 0 Å². The highest BCUT2D eigenvalue weighted by molar-refractivity contribution is 7.12. The van der Waals surface area contributed by atoms with Crippen LogP contribution in [0.15, 0.2) is 41.8 Å². The van der Waals surface area contributed by atoms with Crippen LogP contribution in [0.25, 0.3) is 0 Å². The Balaban J connectivity index is 1.32. The Morgan fingerprint density at radius 1 is 0.963 bits per heavy atom. The molecule has 1 saturated carbocycles. The van der Waals surface area contributed by atoms with E-state index < -0.39 is 0 Å². The lowest BCUT2D eigenvalue weighted by molar-refractivity contribution is 0.0573. The number of piperazine rings is 1. The largest absolute Gasteiger partial charge is 0.336 e. The number of hydrogen-bond acceptors (Lipinski definition) is 4. The van der Waals surface area contributed by atoms with Crippen molar-refractivity contribution < 1.29 is 9.59 Å². The third-order valence-electron chi connectivity index (χ3n) is 5.58. The lowest BCUT2D eigenvalue weighted by Crippen LogP contribution is -2.51. The van der Waals surface area contributed by atoms with Crippen molar-refractivity contribution in [1.82, 2.24) is 9.80 Å². The third kappa shape index (κ3) is 4.22. The molecule has 1 aromatic carbocycles. The fourth-order valence-electron chi connectivity index (χ4n) is 4.04. The van der Waals surface area contributed by atoms with Gasteiger partial charge in [0.2, 0.25) is 0 Å². The molecule has 0 atom stereocenters. The van der Waals surface area contributed by atoms with Crippen LogP contribution in [0.2, 0.25) is 0 Å². The molecule has 4 rings (SSSR count). The van der Waals surface area contributed by atoms with Crippen LogP contribution in [-0.2, 0) is 0 Å². The molecular formula is C21H25N3O2S. The second kappa shape index (κ2) is 8.23. The lowest BCUT2D eigenvalue weighted by Gasteiger charge is -2.38. The minimum atomic E-state index is -0.118. The van der Waals surface area contributed by atoms with Gasteiger partial charge in [0.1, 0.15) is 0 Å². The van der Waals surface area contributed by atoms with E-state index in [0.29, 0.717) is 16.1 Å². The van der Waals surface area contributed by atoms with Crippen LogP contribution >= 0.6 is 11.3 Å². The first-order valence-electron chi connectivity index (χ1n) is 9.69. The zero-order chi connectivity index (χ0) is 18.6. The van der Waals surface area contributed by atoms with Crippen molar-refractivity contribution in [3.8, 4) is 0 Å². The van der Waals surface area contributed by atoms with Gasteiger partial charge in [0.05, 0.1) is 4.88 Å². The molecule has 2 aliphatic rings. The van der Waals surface area contributed by atoms with Crippen molar-refractivity contribution in [2.24, 2.45) is 0 Å². The number of nitrogens with one attached hydrogen (secondary N) is 1. The van der Waals surface area contributed by atoms with Crippen LogP contribution < -0.4 is 5.32 Å². The zero-order valence-electron chi connectivity index (χ0n) is 15.4. The summed E-state index contributed by atoms with van der Waals surface area (Å²) in [6.07, 6.45) is 5.32. The van der Waals surface area contributed by atoms with E-state index in [2.05, 4.69) is 10.2 Å². The highest BCUT2D eigenvalue weighted by Gasteiger charge is 2.28. The number of amides is 2. The molecular weight excluding hydrogens is 358 g/mol. The summed E-state index contributed by atoms with van der Waals surface area (Å²) in [6.45, 7) is 3.55. The van der Waals surface area contributed by atoms with Gasteiger partial charge in [-0.2, -0.15) is 0 Å². The Morgan fingerprint density at radius 3 is 2.30 bits per heavy atom. The summed E-state index contributed by atoms with van der Waals surface area (Å²) in [4.78, 5) is 30.1. The van der Waals surface area contributed by atoms with Gasteiger partial charge in [0.15, 0.2) is 0 Å². The van der Waals surface area contributed by atoms with E-state index in [1.165, 1.54) is 37.0 Å². The second-order valence-electron chi connectivity index (χ2n) is 7.28. The molecule has 0 spiro atoms. The van der Waals surface area contributed by atoms with Gasteiger partial charge in [-0.05, 0) is 48.6 Å². The fraction of sp³-hybridized carbons (Fsp3) is 0.429. The highest BCUT2D eigenvalue weighted by Crippen LogP contribution is 2.24. The van der Waals surface area contributed by atoms with E-state index in [1.54, 1.807) is 30.3 Å². The molecule has 2 heterocycles. The Morgan fingerprint density at radius 2 is 1.67 bits per heavy atom. The SMILES string of the molecule is O=C(Nc1ccc(C(=O)N2CCN(C3CCCC3)CC2)cc1)c1cccs1. The lowest BCUT2D eigenvalue weighted by atomic mass is 10.1. The molecule has 1 N–H and O–H groups in total. The molecule has 1 saturated heterocycles. The van der Waals surface area contributed by atoms with E-state index in [-0.39, 0.29) is 11.8 Å². The first-order chi connectivity index (χ1) is 13.2. The van der Waals surface area contributed by atoms with Crippen molar-refractivity contribution >= 4 is 28.8 Å². The first-order valence-corrected chi connectivity index (χ1v) is 10.6. The third-order valence-corrected chi connectivity index (χ3v) is 6.45. The molecule has 142 valence electrons. The van der Waals surface area contributed by atoms with Crippen molar-refractivity contribution in [3.63, 3.8) is 0 Å². The summed E-state index contributed by atoms with van der Waals surface area (Å²) in [5, 5.41) is 4.75. The maximum Gasteiger partial charge on any atom is 0.265 e. The minimum absolute atomic E-state index is 0.0807. The predicted molar refractivity (Wildman–Crippen MR) is 108 cm³/mol. The summed E-state index contributed by atoms with van der Waals surface area (Å²) in [5.41, 5.74) is 1.38. The fourth-order valence-corrected chi connectivity index (χ4v) is 4.66. The number of rotatable bonds is 4.